The summed E-state index contributed by atoms with van der Waals surface area (Å²) >= 11 is 1.67. The Kier molecular flexibility index (Phi) is 4.20. The quantitative estimate of drug-likeness (QED) is 0.933. The van der Waals surface area contributed by atoms with Crippen molar-refractivity contribution in [3.05, 3.63) is 29.3 Å². The number of hydrogen-bond acceptors (Lipinski definition) is 6. The zero-order valence-electron chi connectivity index (χ0n) is 12.9. The highest BCUT2D eigenvalue weighted by atomic mass is 32.1. The molecule has 0 atom stereocenters. The van der Waals surface area contributed by atoms with Crippen molar-refractivity contribution in [2.24, 2.45) is 5.92 Å². The van der Waals surface area contributed by atoms with Gasteiger partial charge in [0.25, 0.3) is 0 Å². The van der Waals surface area contributed by atoms with Gasteiger partial charge >= 0.3 is 0 Å². The van der Waals surface area contributed by atoms with Crippen LogP contribution in [0.3, 0.4) is 0 Å². The average Bonchev–Trinajstić information content (AvgIpc) is 3.23. The lowest BCUT2D eigenvalue weighted by Crippen LogP contribution is -2.34. The number of aliphatic hydroxyl groups is 1. The maximum Gasteiger partial charge on any atom is 0.231 e. The lowest BCUT2D eigenvalue weighted by Gasteiger charge is -2.30. The predicted molar refractivity (Wildman–Crippen MR) is 88.8 cm³/mol. The van der Waals surface area contributed by atoms with Crippen LogP contribution < -0.4 is 9.47 Å². The third-order valence-electron chi connectivity index (χ3n) is 4.52. The zero-order valence-corrected chi connectivity index (χ0v) is 13.7. The second-order valence-electron chi connectivity index (χ2n) is 6.11. The molecule has 6 heteroatoms. The lowest BCUT2D eigenvalue weighted by molar-refractivity contribution is 0.126. The van der Waals surface area contributed by atoms with Gasteiger partial charge in [0.15, 0.2) is 11.5 Å². The van der Waals surface area contributed by atoms with Gasteiger partial charge in [-0.2, -0.15) is 0 Å². The molecule has 122 valence electrons. The van der Waals surface area contributed by atoms with Crippen LogP contribution in [-0.2, 0) is 6.54 Å². The first-order chi connectivity index (χ1) is 11.3. The standard InChI is InChI=1S/C17H20N2O3S/c20-9-12-3-5-19(6-4-12)8-14-10-23-17(18-14)13-1-2-15-16(7-13)22-11-21-15/h1-2,7,10,12,20H,3-6,8-9,11H2. The van der Waals surface area contributed by atoms with Crippen molar-refractivity contribution < 1.29 is 14.6 Å². The van der Waals surface area contributed by atoms with Gasteiger partial charge in [-0.3, -0.25) is 4.90 Å². The molecule has 1 fully saturated rings. The van der Waals surface area contributed by atoms with Crippen molar-refractivity contribution in [2.75, 3.05) is 26.5 Å². The fourth-order valence-corrected chi connectivity index (χ4v) is 3.91. The number of ether oxygens (including phenoxy) is 2. The number of fused-ring (bicyclic) bond motifs is 1. The smallest absolute Gasteiger partial charge is 0.231 e. The number of piperidine rings is 1. The van der Waals surface area contributed by atoms with E-state index < -0.39 is 0 Å². The first-order valence-corrected chi connectivity index (χ1v) is 8.87. The van der Waals surface area contributed by atoms with Crippen molar-refractivity contribution >= 4 is 11.3 Å². The van der Waals surface area contributed by atoms with E-state index in [4.69, 9.17) is 14.5 Å². The minimum absolute atomic E-state index is 0.297. The molecule has 0 bridgehead atoms. The molecular weight excluding hydrogens is 312 g/mol. The summed E-state index contributed by atoms with van der Waals surface area (Å²) in [6.45, 7) is 3.59. The minimum atomic E-state index is 0.297. The summed E-state index contributed by atoms with van der Waals surface area (Å²) in [4.78, 5) is 7.19. The van der Waals surface area contributed by atoms with Gasteiger partial charge in [-0.15, -0.1) is 11.3 Å². The molecule has 0 saturated carbocycles. The average molecular weight is 332 g/mol. The van der Waals surface area contributed by atoms with E-state index in [0.29, 0.717) is 19.3 Å². The largest absolute Gasteiger partial charge is 0.454 e. The third-order valence-corrected chi connectivity index (χ3v) is 5.46. The first kappa shape index (κ1) is 14.9. The van der Waals surface area contributed by atoms with E-state index in [1.165, 1.54) is 0 Å². The number of benzene rings is 1. The Morgan fingerprint density at radius 2 is 2.04 bits per heavy atom. The van der Waals surface area contributed by atoms with Crippen LogP contribution in [0.15, 0.2) is 23.6 Å². The van der Waals surface area contributed by atoms with E-state index in [0.717, 1.165) is 60.2 Å². The van der Waals surface area contributed by atoms with E-state index in [-0.39, 0.29) is 0 Å². The van der Waals surface area contributed by atoms with Gasteiger partial charge in [-0.25, -0.2) is 4.98 Å². The molecule has 2 aromatic rings. The van der Waals surface area contributed by atoms with E-state index in [9.17, 15) is 5.11 Å². The van der Waals surface area contributed by atoms with Crippen LogP contribution >= 0.6 is 11.3 Å². The van der Waals surface area contributed by atoms with Crippen LogP contribution in [0.5, 0.6) is 11.5 Å². The van der Waals surface area contributed by atoms with Gasteiger partial charge in [0.05, 0.1) is 5.69 Å². The second kappa shape index (κ2) is 6.47. The summed E-state index contributed by atoms with van der Waals surface area (Å²) < 4.78 is 10.8. The number of thiazole rings is 1. The molecule has 0 spiro atoms. The van der Waals surface area contributed by atoms with E-state index in [1.807, 2.05) is 18.2 Å². The van der Waals surface area contributed by atoms with Crippen LogP contribution in [0.2, 0.25) is 0 Å². The number of hydrogen-bond donors (Lipinski definition) is 1. The molecular formula is C17H20N2O3S. The highest BCUT2D eigenvalue weighted by Gasteiger charge is 2.20. The number of rotatable bonds is 4. The number of nitrogens with zero attached hydrogens (tertiary/aromatic N) is 2. The molecule has 23 heavy (non-hydrogen) atoms. The molecule has 2 aliphatic rings. The number of likely N-dealkylation sites (tertiary alicyclic amines) is 1. The summed E-state index contributed by atoms with van der Waals surface area (Å²) in [7, 11) is 0. The molecule has 1 N–H and O–H groups in total. The second-order valence-corrected chi connectivity index (χ2v) is 6.97. The third kappa shape index (κ3) is 3.20. The Balaban J connectivity index is 1.43. The van der Waals surface area contributed by atoms with E-state index in [1.54, 1.807) is 11.3 Å². The van der Waals surface area contributed by atoms with Gasteiger partial charge in [0.1, 0.15) is 5.01 Å². The van der Waals surface area contributed by atoms with Crippen molar-refractivity contribution in [1.82, 2.24) is 9.88 Å². The molecule has 5 nitrogen and oxygen atoms in total. The maximum atomic E-state index is 9.21. The summed E-state index contributed by atoms with van der Waals surface area (Å²) in [5, 5.41) is 12.4. The fourth-order valence-electron chi connectivity index (χ4n) is 3.10. The molecule has 0 radical (unpaired) electrons. The van der Waals surface area contributed by atoms with Gasteiger partial charge in [-0.1, -0.05) is 0 Å². The number of aliphatic hydroxyl groups excluding tert-OH is 1. The monoisotopic (exact) mass is 332 g/mol. The van der Waals surface area contributed by atoms with Crippen molar-refractivity contribution in [3.8, 4) is 22.1 Å². The molecule has 1 aromatic carbocycles. The van der Waals surface area contributed by atoms with Crippen LogP contribution in [0.25, 0.3) is 10.6 Å². The molecule has 1 aromatic heterocycles. The fraction of sp³-hybridized carbons (Fsp3) is 0.471. The molecule has 0 unspecified atom stereocenters. The normalized spacial score (nSPS) is 18.5. The van der Waals surface area contributed by atoms with Gasteiger partial charge in [-0.05, 0) is 50.0 Å². The number of aromatic nitrogens is 1. The SMILES string of the molecule is OCC1CCN(Cc2csc(-c3ccc4c(c3)OCO4)n2)CC1. The van der Waals surface area contributed by atoms with Gasteiger partial charge < -0.3 is 14.6 Å². The van der Waals surface area contributed by atoms with Crippen molar-refractivity contribution in [1.29, 1.82) is 0 Å². The van der Waals surface area contributed by atoms with Gasteiger partial charge in [0, 0.05) is 24.1 Å². The molecule has 1 saturated heterocycles. The lowest BCUT2D eigenvalue weighted by atomic mass is 9.98. The predicted octanol–water partition coefficient (Wildman–Crippen LogP) is 2.74. The van der Waals surface area contributed by atoms with E-state index in [2.05, 4.69) is 10.3 Å². The Morgan fingerprint density at radius 1 is 1.22 bits per heavy atom. The minimum Gasteiger partial charge on any atom is -0.454 e. The van der Waals surface area contributed by atoms with E-state index >= 15 is 0 Å². The maximum absolute atomic E-state index is 9.21. The molecule has 2 aliphatic heterocycles. The summed E-state index contributed by atoms with van der Waals surface area (Å²) in [6, 6.07) is 5.97. The Hall–Kier alpha value is -1.63. The summed E-state index contributed by atoms with van der Waals surface area (Å²) in [5.74, 6) is 2.08. The first-order valence-electron chi connectivity index (χ1n) is 7.99. The van der Waals surface area contributed by atoms with Crippen LogP contribution in [0.4, 0.5) is 0 Å². The Labute approximate surface area is 139 Å². The van der Waals surface area contributed by atoms with Crippen LogP contribution in [0, 0.1) is 5.92 Å². The molecule has 4 rings (SSSR count). The van der Waals surface area contributed by atoms with Crippen LogP contribution in [0.1, 0.15) is 18.5 Å². The molecule has 0 amide bonds. The van der Waals surface area contributed by atoms with Crippen LogP contribution in [-0.4, -0.2) is 41.5 Å². The molecule has 3 heterocycles. The molecule has 0 aliphatic carbocycles. The topological polar surface area (TPSA) is 54.8 Å². The van der Waals surface area contributed by atoms with Gasteiger partial charge in [0.2, 0.25) is 6.79 Å². The van der Waals surface area contributed by atoms with Crippen molar-refractivity contribution in [3.63, 3.8) is 0 Å². The Bertz CT molecular complexity index is 680. The highest BCUT2D eigenvalue weighted by molar-refractivity contribution is 7.13. The summed E-state index contributed by atoms with van der Waals surface area (Å²) in [5.41, 5.74) is 2.19. The Morgan fingerprint density at radius 3 is 2.87 bits per heavy atom. The zero-order chi connectivity index (χ0) is 15.6. The summed E-state index contributed by atoms with van der Waals surface area (Å²) in [6.07, 6.45) is 2.16. The van der Waals surface area contributed by atoms with Crippen molar-refractivity contribution in [2.45, 2.75) is 19.4 Å². The highest BCUT2D eigenvalue weighted by Crippen LogP contribution is 2.36.